The third-order valence-corrected chi connectivity index (χ3v) is 4.32. The number of nitrogens with one attached hydrogen (secondary N) is 2. The van der Waals surface area contributed by atoms with Crippen molar-refractivity contribution < 1.29 is 0 Å². The molecule has 1 fully saturated rings. The number of pyridine rings is 1. The Kier molecular flexibility index (Phi) is 4.88. The maximum atomic E-state index is 4.51. The van der Waals surface area contributed by atoms with Crippen molar-refractivity contribution in [3.8, 4) is 0 Å². The van der Waals surface area contributed by atoms with Crippen LogP contribution in [0.3, 0.4) is 0 Å². The summed E-state index contributed by atoms with van der Waals surface area (Å²) in [7, 11) is 1.84. The molecule has 116 valence electrons. The van der Waals surface area contributed by atoms with Crippen LogP contribution in [0.15, 0.2) is 41.5 Å². The summed E-state index contributed by atoms with van der Waals surface area (Å²) < 4.78 is 0. The molecule has 1 saturated carbocycles. The van der Waals surface area contributed by atoms with Crippen molar-refractivity contribution in [1.82, 2.24) is 15.6 Å². The topological polar surface area (TPSA) is 49.3 Å². The van der Waals surface area contributed by atoms with Crippen LogP contribution in [0.5, 0.6) is 0 Å². The smallest absolute Gasteiger partial charge is 0.191 e. The number of hydrogen-bond acceptors (Lipinski definition) is 2. The minimum Gasteiger partial charge on any atom is -0.356 e. The van der Waals surface area contributed by atoms with Gasteiger partial charge in [0.25, 0.3) is 0 Å². The van der Waals surface area contributed by atoms with E-state index in [4.69, 9.17) is 0 Å². The number of aromatic nitrogens is 1. The van der Waals surface area contributed by atoms with Crippen LogP contribution >= 0.6 is 0 Å². The van der Waals surface area contributed by atoms with Crippen molar-refractivity contribution >= 4 is 16.9 Å². The van der Waals surface area contributed by atoms with Crippen molar-refractivity contribution in [3.63, 3.8) is 0 Å². The molecule has 0 bridgehead atoms. The van der Waals surface area contributed by atoms with E-state index in [0.29, 0.717) is 6.04 Å². The third-order valence-electron chi connectivity index (χ3n) is 4.32. The molecule has 0 radical (unpaired) electrons. The van der Waals surface area contributed by atoms with Crippen LogP contribution in [0.2, 0.25) is 0 Å². The first-order chi connectivity index (χ1) is 10.9. The largest absolute Gasteiger partial charge is 0.356 e. The zero-order valence-corrected chi connectivity index (χ0v) is 13.2. The van der Waals surface area contributed by atoms with Gasteiger partial charge in [-0.15, -0.1) is 0 Å². The van der Waals surface area contributed by atoms with Gasteiger partial charge >= 0.3 is 0 Å². The standard InChI is InChI=1S/C18H24N4/c1-19-18(22-16-9-2-3-10-16)21-13-11-15-7-4-6-14-8-5-12-20-17(14)15/h4-8,12,16H,2-3,9-11,13H2,1H3,(H2,19,21,22). The number of hydrogen-bond donors (Lipinski definition) is 2. The summed E-state index contributed by atoms with van der Waals surface area (Å²) >= 11 is 0. The Labute approximate surface area is 132 Å². The highest BCUT2D eigenvalue weighted by molar-refractivity contribution is 5.82. The van der Waals surface area contributed by atoms with Gasteiger partial charge in [0.2, 0.25) is 0 Å². The highest BCUT2D eigenvalue weighted by Gasteiger charge is 2.15. The number of nitrogens with zero attached hydrogens (tertiary/aromatic N) is 2. The minimum atomic E-state index is 0.588. The van der Waals surface area contributed by atoms with Gasteiger partial charge in [0.1, 0.15) is 0 Å². The second-order valence-electron chi connectivity index (χ2n) is 5.87. The van der Waals surface area contributed by atoms with Gasteiger partial charge in [0.05, 0.1) is 5.52 Å². The Hall–Kier alpha value is -2.10. The van der Waals surface area contributed by atoms with E-state index < -0.39 is 0 Å². The lowest BCUT2D eigenvalue weighted by Crippen LogP contribution is -2.43. The second kappa shape index (κ2) is 7.25. The molecule has 1 aliphatic carbocycles. The number of fused-ring (bicyclic) bond motifs is 1. The Morgan fingerprint density at radius 2 is 2.05 bits per heavy atom. The second-order valence-corrected chi connectivity index (χ2v) is 5.87. The fourth-order valence-electron chi connectivity index (χ4n) is 3.14. The molecule has 0 atom stereocenters. The first kappa shape index (κ1) is 14.8. The predicted molar refractivity (Wildman–Crippen MR) is 92.2 cm³/mol. The molecule has 0 amide bonds. The lowest BCUT2D eigenvalue weighted by atomic mass is 10.1. The summed E-state index contributed by atoms with van der Waals surface area (Å²) in [5.74, 6) is 0.917. The molecule has 4 nitrogen and oxygen atoms in total. The third kappa shape index (κ3) is 3.56. The fraction of sp³-hybridized carbons (Fsp3) is 0.444. The van der Waals surface area contributed by atoms with E-state index in [1.807, 2.05) is 19.3 Å². The number of guanidine groups is 1. The zero-order chi connectivity index (χ0) is 15.2. The Morgan fingerprint density at radius 1 is 1.23 bits per heavy atom. The van der Waals surface area contributed by atoms with E-state index in [9.17, 15) is 0 Å². The molecule has 3 rings (SSSR count). The molecular weight excluding hydrogens is 272 g/mol. The summed E-state index contributed by atoms with van der Waals surface area (Å²) in [6.07, 6.45) is 7.98. The highest BCUT2D eigenvalue weighted by atomic mass is 15.2. The number of rotatable bonds is 4. The van der Waals surface area contributed by atoms with Gasteiger partial charge in [-0.3, -0.25) is 9.98 Å². The molecule has 1 aromatic carbocycles. The summed E-state index contributed by atoms with van der Waals surface area (Å²) in [5, 5.41) is 8.14. The van der Waals surface area contributed by atoms with E-state index in [2.05, 4.69) is 44.9 Å². The van der Waals surface area contributed by atoms with E-state index in [1.165, 1.54) is 36.6 Å². The zero-order valence-electron chi connectivity index (χ0n) is 13.2. The van der Waals surface area contributed by atoms with Crippen LogP contribution in [0.25, 0.3) is 10.9 Å². The summed E-state index contributed by atoms with van der Waals surface area (Å²) in [4.78, 5) is 8.83. The normalized spacial score (nSPS) is 16.1. The van der Waals surface area contributed by atoms with Gasteiger partial charge in [0.15, 0.2) is 5.96 Å². The summed E-state index contributed by atoms with van der Waals surface area (Å²) in [5.41, 5.74) is 2.38. The Balaban J connectivity index is 1.57. The van der Waals surface area contributed by atoms with Gasteiger partial charge in [0, 0.05) is 31.2 Å². The highest BCUT2D eigenvalue weighted by Crippen LogP contribution is 2.17. The van der Waals surface area contributed by atoms with Crippen LogP contribution in [0.1, 0.15) is 31.2 Å². The van der Waals surface area contributed by atoms with Crippen LogP contribution < -0.4 is 10.6 Å². The fourth-order valence-corrected chi connectivity index (χ4v) is 3.14. The van der Waals surface area contributed by atoms with Crippen LogP contribution in [-0.2, 0) is 6.42 Å². The maximum absolute atomic E-state index is 4.51. The number of benzene rings is 1. The first-order valence-corrected chi connectivity index (χ1v) is 8.16. The molecule has 1 aromatic heterocycles. The number of aliphatic imine (C=N–C) groups is 1. The molecule has 2 aromatic rings. The molecule has 4 heteroatoms. The summed E-state index contributed by atoms with van der Waals surface area (Å²) in [6.45, 7) is 0.863. The maximum Gasteiger partial charge on any atom is 0.191 e. The Bertz CT molecular complexity index is 639. The van der Waals surface area contributed by atoms with Gasteiger partial charge in [-0.1, -0.05) is 37.1 Å². The van der Waals surface area contributed by atoms with E-state index in [1.54, 1.807) is 0 Å². The SMILES string of the molecule is CN=C(NCCc1cccc2cccnc12)NC1CCCC1. The lowest BCUT2D eigenvalue weighted by Gasteiger charge is -2.17. The average Bonchev–Trinajstić information content (AvgIpc) is 3.07. The van der Waals surface area contributed by atoms with Gasteiger partial charge in [-0.05, 0) is 30.9 Å². The van der Waals surface area contributed by atoms with Gasteiger partial charge in [-0.25, -0.2) is 0 Å². The monoisotopic (exact) mass is 296 g/mol. The van der Waals surface area contributed by atoms with Gasteiger partial charge in [-0.2, -0.15) is 0 Å². The average molecular weight is 296 g/mol. The molecular formula is C18H24N4. The van der Waals surface area contributed by atoms with E-state index in [-0.39, 0.29) is 0 Å². The van der Waals surface area contributed by atoms with Crippen LogP contribution in [0, 0.1) is 0 Å². The molecule has 0 unspecified atom stereocenters. The van der Waals surface area contributed by atoms with Crippen LogP contribution in [0.4, 0.5) is 0 Å². The molecule has 0 aliphatic heterocycles. The first-order valence-electron chi connectivity index (χ1n) is 8.16. The summed E-state index contributed by atoms with van der Waals surface area (Å²) in [6, 6.07) is 11.1. The molecule has 0 saturated heterocycles. The number of para-hydroxylation sites is 1. The molecule has 2 N–H and O–H groups in total. The van der Waals surface area contributed by atoms with Crippen molar-refractivity contribution in [3.05, 3.63) is 42.1 Å². The van der Waals surface area contributed by atoms with Crippen LogP contribution in [-0.4, -0.2) is 30.6 Å². The Morgan fingerprint density at radius 3 is 2.86 bits per heavy atom. The molecule has 1 aliphatic rings. The molecule has 0 spiro atoms. The van der Waals surface area contributed by atoms with Crippen molar-refractivity contribution in [2.24, 2.45) is 4.99 Å². The van der Waals surface area contributed by atoms with Crippen molar-refractivity contribution in [2.45, 2.75) is 38.1 Å². The molecule has 1 heterocycles. The van der Waals surface area contributed by atoms with E-state index in [0.717, 1.165) is 24.4 Å². The van der Waals surface area contributed by atoms with Gasteiger partial charge < -0.3 is 10.6 Å². The minimum absolute atomic E-state index is 0.588. The molecule has 22 heavy (non-hydrogen) atoms. The van der Waals surface area contributed by atoms with E-state index >= 15 is 0 Å². The predicted octanol–water partition coefficient (Wildman–Crippen LogP) is 2.88. The van der Waals surface area contributed by atoms with Crippen molar-refractivity contribution in [1.29, 1.82) is 0 Å². The quantitative estimate of drug-likeness (QED) is 0.674. The lowest BCUT2D eigenvalue weighted by molar-refractivity contribution is 0.613. The van der Waals surface area contributed by atoms with Crippen molar-refractivity contribution in [2.75, 3.05) is 13.6 Å².